The van der Waals surface area contributed by atoms with Gasteiger partial charge < -0.3 is 29.2 Å². The number of fused-ring (bicyclic) bond motifs is 5. The van der Waals surface area contributed by atoms with E-state index in [0.29, 0.717) is 48.1 Å². The predicted octanol–water partition coefficient (Wildman–Crippen LogP) is 3.59. The molecule has 0 saturated heterocycles. The van der Waals surface area contributed by atoms with Gasteiger partial charge in [0.05, 0.1) is 26.2 Å². The average Bonchev–Trinajstić information content (AvgIpc) is 3.39. The summed E-state index contributed by atoms with van der Waals surface area (Å²) in [4.78, 5) is 29.2. The molecule has 3 heterocycles. The minimum absolute atomic E-state index is 0.0594. The Balaban J connectivity index is 1.39. The number of carbonyl (C=O) groups is 2. The highest BCUT2D eigenvalue weighted by Gasteiger charge is 2.46. The summed E-state index contributed by atoms with van der Waals surface area (Å²) < 4.78 is 21.9. The van der Waals surface area contributed by atoms with Crippen molar-refractivity contribution in [3.8, 4) is 23.0 Å². The fourth-order valence-electron chi connectivity index (χ4n) is 5.49. The van der Waals surface area contributed by atoms with Crippen molar-refractivity contribution in [2.75, 3.05) is 27.6 Å². The van der Waals surface area contributed by atoms with Crippen LogP contribution in [0.1, 0.15) is 44.6 Å². The van der Waals surface area contributed by atoms with Crippen LogP contribution in [0.25, 0.3) is 0 Å². The Kier molecular flexibility index (Phi) is 5.44. The largest absolute Gasteiger partial charge is 0.493 e. The van der Waals surface area contributed by atoms with Gasteiger partial charge in [-0.3, -0.25) is 9.59 Å². The van der Waals surface area contributed by atoms with Crippen LogP contribution in [0.15, 0.2) is 54.6 Å². The third kappa shape index (κ3) is 3.52. The Morgan fingerprint density at radius 3 is 2.61 bits per heavy atom. The third-order valence-electron chi connectivity index (χ3n) is 7.21. The summed E-state index contributed by atoms with van der Waals surface area (Å²) in [6.07, 6.45) is 0.672. The SMILES string of the molecule is COc1cc2c(cc1OC)C1C(C(=O)NCc3ccc4c(c3)OCO4)c3ccccc3C(=O)N1CC2. The molecule has 6 rings (SSSR count). The summed E-state index contributed by atoms with van der Waals surface area (Å²) in [5.41, 5.74) is 4.16. The van der Waals surface area contributed by atoms with Gasteiger partial charge in [0.25, 0.3) is 5.91 Å². The molecule has 184 valence electrons. The van der Waals surface area contributed by atoms with Crippen LogP contribution in [0.3, 0.4) is 0 Å². The van der Waals surface area contributed by atoms with Crippen LogP contribution in [-0.2, 0) is 17.8 Å². The molecule has 3 aliphatic rings. The summed E-state index contributed by atoms with van der Waals surface area (Å²) in [7, 11) is 3.19. The Morgan fingerprint density at radius 1 is 1.00 bits per heavy atom. The molecule has 3 aromatic carbocycles. The first-order valence-electron chi connectivity index (χ1n) is 11.9. The highest BCUT2D eigenvalue weighted by atomic mass is 16.7. The van der Waals surface area contributed by atoms with E-state index in [4.69, 9.17) is 18.9 Å². The van der Waals surface area contributed by atoms with E-state index in [-0.39, 0.29) is 18.6 Å². The molecule has 8 heteroatoms. The molecule has 8 nitrogen and oxygen atoms in total. The van der Waals surface area contributed by atoms with E-state index in [0.717, 1.165) is 22.3 Å². The Bertz CT molecular complexity index is 1370. The van der Waals surface area contributed by atoms with Gasteiger partial charge in [0.1, 0.15) is 0 Å². The quantitative estimate of drug-likeness (QED) is 0.593. The molecule has 0 spiro atoms. The highest BCUT2D eigenvalue weighted by Crippen LogP contribution is 2.48. The van der Waals surface area contributed by atoms with E-state index in [9.17, 15) is 9.59 Å². The van der Waals surface area contributed by atoms with Gasteiger partial charge in [0.15, 0.2) is 23.0 Å². The van der Waals surface area contributed by atoms with E-state index < -0.39 is 12.0 Å². The molecule has 0 bridgehead atoms. The molecule has 2 atom stereocenters. The Hall–Kier alpha value is -4.20. The van der Waals surface area contributed by atoms with Gasteiger partial charge in [0, 0.05) is 18.7 Å². The van der Waals surface area contributed by atoms with Crippen LogP contribution in [0, 0.1) is 0 Å². The molecule has 1 N–H and O–H groups in total. The van der Waals surface area contributed by atoms with Crippen LogP contribution in [0.4, 0.5) is 0 Å². The van der Waals surface area contributed by atoms with Crippen molar-refractivity contribution < 1.29 is 28.5 Å². The molecule has 3 aromatic rings. The first-order chi connectivity index (χ1) is 17.6. The molecule has 2 amide bonds. The lowest BCUT2D eigenvalue weighted by Crippen LogP contribution is -2.50. The van der Waals surface area contributed by atoms with Gasteiger partial charge in [-0.25, -0.2) is 0 Å². The summed E-state index contributed by atoms with van der Waals surface area (Å²) in [6, 6.07) is 16.4. The van der Waals surface area contributed by atoms with E-state index in [1.54, 1.807) is 20.3 Å². The number of ether oxygens (including phenoxy) is 4. The fraction of sp³-hybridized carbons (Fsp3) is 0.286. The van der Waals surface area contributed by atoms with Gasteiger partial charge >= 0.3 is 0 Å². The first-order valence-corrected chi connectivity index (χ1v) is 11.9. The van der Waals surface area contributed by atoms with Crippen molar-refractivity contribution in [2.45, 2.75) is 24.9 Å². The molecule has 0 radical (unpaired) electrons. The maximum absolute atomic E-state index is 13.9. The molecular weight excluding hydrogens is 460 g/mol. The number of benzene rings is 3. The second-order valence-electron chi connectivity index (χ2n) is 9.07. The van der Waals surface area contributed by atoms with Gasteiger partial charge in [-0.05, 0) is 59.0 Å². The lowest BCUT2D eigenvalue weighted by atomic mass is 9.75. The van der Waals surface area contributed by atoms with Crippen LogP contribution in [-0.4, -0.2) is 44.3 Å². The summed E-state index contributed by atoms with van der Waals surface area (Å²) in [5.74, 6) is 1.79. The molecular formula is C28H26N2O6. The van der Waals surface area contributed by atoms with Gasteiger partial charge in [-0.15, -0.1) is 0 Å². The van der Waals surface area contributed by atoms with Gasteiger partial charge in [-0.1, -0.05) is 24.3 Å². The molecule has 0 aromatic heterocycles. The molecule has 2 unspecified atom stereocenters. The zero-order valence-electron chi connectivity index (χ0n) is 20.1. The molecule has 3 aliphatic heterocycles. The number of nitrogens with one attached hydrogen (secondary N) is 1. The molecule has 0 fully saturated rings. The maximum atomic E-state index is 13.9. The standard InChI is InChI=1S/C28H26N2O6/c1-33-22-12-17-9-10-30-26(20(17)13-23(22)34-2)25(18-5-3-4-6-19(18)28(30)32)27(31)29-14-16-7-8-21-24(11-16)36-15-35-21/h3-8,11-13,25-26H,9-10,14-15H2,1-2H3,(H,29,31). The monoisotopic (exact) mass is 486 g/mol. The highest BCUT2D eigenvalue weighted by molar-refractivity contribution is 6.01. The minimum Gasteiger partial charge on any atom is -0.493 e. The number of carbonyl (C=O) groups excluding carboxylic acids is 2. The zero-order chi connectivity index (χ0) is 24.8. The number of hydrogen-bond acceptors (Lipinski definition) is 6. The van der Waals surface area contributed by atoms with Crippen molar-refractivity contribution in [1.82, 2.24) is 10.2 Å². The number of nitrogens with zero attached hydrogens (tertiary/aromatic N) is 1. The third-order valence-corrected chi connectivity index (χ3v) is 7.21. The molecule has 36 heavy (non-hydrogen) atoms. The fourth-order valence-corrected chi connectivity index (χ4v) is 5.49. The summed E-state index contributed by atoms with van der Waals surface area (Å²) >= 11 is 0. The van der Waals surface area contributed by atoms with Crippen molar-refractivity contribution in [3.05, 3.63) is 82.4 Å². The first kappa shape index (κ1) is 22.3. The zero-order valence-corrected chi connectivity index (χ0v) is 20.1. The smallest absolute Gasteiger partial charge is 0.254 e. The van der Waals surface area contributed by atoms with E-state index in [1.165, 1.54) is 0 Å². The molecule has 0 saturated carbocycles. The van der Waals surface area contributed by atoms with E-state index in [1.807, 2.05) is 53.4 Å². The van der Waals surface area contributed by atoms with Crippen molar-refractivity contribution in [3.63, 3.8) is 0 Å². The van der Waals surface area contributed by atoms with Gasteiger partial charge in [0.2, 0.25) is 12.7 Å². The van der Waals surface area contributed by atoms with Crippen molar-refractivity contribution in [1.29, 1.82) is 0 Å². The van der Waals surface area contributed by atoms with E-state index in [2.05, 4.69) is 5.32 Å². The van der Waals surface area contributed by atoms with Crippen molar-refractivity contribution in [2.24, 2.45) is 0 Å². The maximum Gasteiger partial charge on any atom is 0.254 e. The normalized spacial score (nSPS) is 19.2. The second-order valence-corrected chi connectivity index (χ2v) is 9.07. The number of rotatable bonds is 5. The topological polar surface area (TPSA) is 86.3 Å². The van der Waals surface area contributed by atoms with Crippen LogP contribution < -0.4 is 24.3 Å². The second kappa shape index (κ2) is 8.78. The minimum atomic E-state index is -0.579. The number of amides is 2. The van der Waals surface area contributed by atoms with Crippen LogP contribution in [0.2, 0.25) is 0 Å². The lowest BCUT2D eigenvalue weighted by Gasteiger charge is -2.45. The van der Waals surface area contributed by atoms with Crippen molar-refractivity contribution >= 4 is 11.8 Å². The summed E-state index contributed by atoms with van der Waals surface area (Å²) in [6.45, 7) is 1.04. The number of hydrogen-bond donors (Lipinski definition) is 1. The van der Waals surface area contributed by atoms with Crippen LogP contribution >= 0.6 is 0 Å². The number of methoxy groups -OCH3 is 2. The average molecular weight is 487 g/mol. The van der Waals surface area contributed by atoms with Gasteiger partial charge in [-0.2, -0.15) is 0 Å². The Labute approximate surface area is 208 Å². The predicted molar refractivity (Wildman–Crippen MR) is 131 cm³/mol. The molecule has 0 aliphatic carbocycles. The Morgan fingerprint density at radius 2 is 1.78 bits per heavy atom. The van der Waals surface area contributed by atoms with Crippen LogP contribution in [0.5, 0.6) is 23.0 Å². The summed E-state index contributed by atoms with van der Waals surface area (Å²) in [5, 5.41) is 3.10. The van der Waals surface area contributed by atoms with E-state index >= 15 is 0 Å². The lowest BCUT2D eigenvalue weighted by molar-refractivity contribution is -0.124.